The Bertz CT molecular complexity index is 443. The van der Waals surface area contributed by atoms with Crippen molar-refractivity contribution >= 4 is 21.2 Å². The SMILES string of the molecule is CC(c1nc(C(C)(C)N)cs1)S(C)(=O)=O. The van der Waals surface area contributed by atoms with Crippen LogP contribution >= 0.6 is 11.3 Å². The fourth-order valence-corrected chi connectivity index (χ4v) is 2.99. The summed E-state index contributed by atoms with van der Waals surface area (Å²) in [6.45, 7) is 5.33. The third kappa shape index (κ3) is 2.99. The number of hydrogen-bond donors (Lipinski definition) is 1. The van der Waals surface area contributed by atoms with Crippen LogP contribution in [-0.4, -0.2) is 19.7 Å². The van der Waals surface area contributed by atoms with Gasteiger partial charge in [-0.15, -0.1) is 11.3 Å². The first kappa shape index (κ1) is 12.6. The highest BCUT2D eigenvalue weighted by Crippen LogP contribution is 2.27. The first-order valence-corrected chi connectivity index (χ1v) is 7.39. The molecule has 6 heteroatoms. The maximum absolute atomic E-state index is 11.3. The summed E-state index contributed by atoms with van der Waals surface area (Å²) >= 11 is 1.34. The quantitative estimate of drug-likeness (QED) is 0.878. The van der Waals surface area contributed by atoms with Gasteiger partial charge in [-0.3, -0.25) is 0 Å². The van der Waals surface area contributed by atoms with E-state index in [1.807, 2.05) is 19.2 Å². The number of thiazole rings is 1. The number of sulfone groups is 1. The van der Waals surface area contributed by atoms with Gasteiger partial charge in [0.15, 0.2) is 9.84 Å². The fraction of sp³-hybridized carbons (Fsp3) is 0.667. The predicted octanol–water partition coefficient (Wildman–Crippen LogP) is 1.44. The van der Waals surface area contributed by atoms with Crippen LogP contribution in [0.15, 0.2) is 5.38 Å². The molecule has 4 nitrogen and oxygen atoms in total. The molecule has 0 bridgehead atoms. The summed E-state index contributed by atoms with van der Waals surface area (Å²) in [6.07, 6.45) is 1.21. The summed E-state index contributed by atoms with van der Waals surface area (Å²) in [6, 6.07) is 0. The Morgan fingerprint density at radius 1 is 1.53 bits per heavy atom. The first-order valence-electron chi connectivity index (χ1n) is 4.56. The second-order valence-corrected chi connectivity index (χ2v) is 7.52. The molecule has 0 saturated heterocycles. The molecule has 0 fully saturated rings. The second-order valence-electron chi connectivity index (χ2n) is 4.26. The highest BCUT2D eigenvalue weighted by Gasteiger charge is 2.24. The number of nitrogens with two attached hydrogens (primary N) is 1. The topological polar surface area (TPSA) is 73.0 Å². The molecule has 0 amide bonds. The molecule has 2 N–H and O–H groups in total. The van der Waals surface area contributed by atoms with Crippen molar-refractivity contribution in [3.8, 4) is 0 Å². The number of nitrogens with zero attached hydrogens (tertiary/aromatic N) is 1. The van der Waals surface area contributed by atoms with Crippen molar-refractivity contribution in [2.45, 2.75) is 31.6 Å². The van der Waals surface area contributed by atoms with Gasteiger partial charge >= 0.3 is 0 Å². The molecular formula is C9H16N2O2S2. The maximum atomic E-state index is 11.3. The van der Waals surface area contributed by atoms with E-state index in [2.05, 4.69) is 4.98 Å². The molecule has 1 aromatic heterocycles. The Hall–Kier alpha value is -0.460. The molecule has 86 valence electrons. The van der Waals surface area contributed by atoms with Gasteiger partial charge in [0.1, 0.15) is 10.3 Å². The Morgan fingerprint density at radius 3 is 2.40 bits per heavy atom. The van der Waals surface area contributed by atoms with Gasteiger partial charge < -0.3 is 5.73 Å². The summed E-state index contributed by atoms with van der Waals surface area (Å²) in [5.41, 5.74) is 6.09. The average Bonchev–Trinajstić information content (AvgIpc) is 2.47. The highest BCUT2D eigenvalue weighted by molar-refractivity contribution is 7.91. The highest BCUT2D eigenvalue weighted by atomic mass is 32.2. The molecule has 1 rings (SSSR count). The number of hydrogen-bond acceptors (Lipinski definition) is 5. The second kappa shape index (κ2) is 3.84. The largest absolute Gasteiger partial charge is 0.321 e. The van der Waals surface area contributed by atoms with Gasteiger partial charge in [0.2, 0.25) is 0 Å². The van der Waals surface area contributed by atoms with Crippen LogP contribution in [0, 0.1) is 0 Å². The van der Waals surface area contributed by atoms with Gasteiger partial charge in [0.05, 0.1) is 11.2 Å². The fourth-order valence-electron chi connectivity index (χ4n) is 0.953. The molecule has 15 heavy (non-hydrogen) atoms. The van der Waals surface area contributed by atoms with Crippen molar-refractivity contribution in [2.75, 3.05) is 6.26 Å². The van der Waals surface area contributed by atoms with Gasteiger partial charge in [-0.1, -0.05) is 0 Å². The average molecular weight is 248 g/mol. The molecule has 1 atom stereocenters. The van der Waals surface area contributed by atoms with E-state index in [9.17, 15) is 8.42 Å². The Morgan fingerprint density at radius 2 is 2.07 bits per heavy atom. The molecule has 1 unspecified atom stereocenters. The molecule has 0 radical (unpaired) electrons. The normalized spacial score (nSPS) is 15.3. The molecule has 1 aromatic rings. The third-order valence-corrected chi connectivity index (χ3v) is 4.86. The van der Waals surface area contributed by atoms with Crippen LogP contribution in [0.3, 0.4) is 0 Å². The number of rotatable bonds is 3. The molecule has 1 heterocycles. The van der Waals surface area contributed by atoms with E-state index in [1.165, 1.54) is 17.6 Å². The van der Waals surface area contributed by atoms with E-state index in [4.69, 9.17) is 5.73 Å². The van der Waals surface area contributed by atoms with Gasteiger partial charge in [-0.2, -0.15) is 0 Å². The monoisotopic (exact) mass is 248 g/mol. The summed E-state index contributed by atoms with van der Waals surface area (Å²) in [5, 5.41) is 1.86. The summed E-state index contributed by atoms with van der Waals surface area (Å²) in [5.74, 6) is 0. The van der Waals surface area contributed by atoms with Crippen molar-refractivity contribution in [2.24, 2.45) is 5.73 Å². The molecule has 0 saturated carbocycles. The van der Waals surface area contributed by atoms with Crippen molar-refractivity contribution < 1.29 is 8.42 Å². The van der Waals surface area contributed by atoms with Crippen LogP contribution in [0.4, 0.5) is 0 Å². The first-order chi connectivity index (χ1) is 6.62. The maximum Gasteiger partial charge on any atom is 0.156 e. The zero-order chi connectivity index (χ0) is 11.9. The zero-order valence-corrected chi connectivity index (χ0v) is 10.9. The van der Waals surface area contributed by atoms with Crippen LogP contribution in [0.1, 0.15) is 36.7 Å². The number of aromatic nitrogens is 1. The van der Waals surface area contributed by atoms with Crippen LogP contribution in [0.5, 0.6) is 0 Å². The molecule has 0 aliphatic rings. The van der Waals surface area contributed by atoms with E-state index in [0.29, 0.717) is 5.01 Å². The molecular weight excluding hydrogens is 232 g/mol. The lowest BCUT2D eigenvalue weighted by atomic mass is 10.0. The van der Waals surface area contributed by atoms with Crippen LogP contribution in [0.25, 0.3) is 0 Å². The minimum atomic E-state index is -3.08. The van der Waals surface area contributed by atoms with Crippen molar-refractivity contribution in [1.29, 1.82) is 0 Å². The molecule has 0 aliphatic carbocycles. The minimum Gasteiger partial charge on any atom is -0.321 e. The van der Waals surface area contributed by atoms with Gasteiger partial charge in [0.25, 0.3) is 0 Å². The molecule has 0 spiro atoms. The van der Waals surface area contributed by atoms with E-state index in [0.717, 1.165) is 5.69 Å². The summed E-state index contributed by atoms with van der Waals surface area (Å²) in [7, 11) is -3.08. The van der Waals surface area contributed by atoms with Crippen molar-refractivity contribution in [3.63, 3.8) is 0 Å². The lowest BCUT2D eigenvalue weighted by molar-refractivity contribution is 0.536. The lowest BCUT2D eigenvalue weighted by Gasteiger charge is -2.14. The smallest absolute Gasteiger partial charge is 0.156 e. The summed E-state index contributed by atoms with van der Waals surface area (Å²) in [4.78, 5) is 4.26. The standard InChI is InChI=1S/C9H16N2O2S2/c1-6(15(4,12)13)8-11-7(5-14-8)9(2,3)10/h5-6H,10H2,1-4H3. The van der Waals surface area contributed by atoms with Gasteiger partial charge in [-0.05, 0) is 20.8 Å². The van der Waals surface area contributed by atoms with E-state index in [1.54, 1.807) is 6.92 Å². The van der Waals surface area contributed by atoms with Crippen LogP contribution in [0.2, 0.25) is 0 Å². The summed E-state index contributed by atoms with van der Waals surface area (Å²) < 4.78 is 22.7. The van der Waals surface area contributed by atoms with E-state index >= 15 is 0 Å². The van der Waals surface area contributed by atoms with Crippen LogP contribution < -0.4 is 5.73 Å². The predicted molar refractivity (Wildman–Crippen MR) is 62.6 cm³/mol. The van der Waals surface area contributed by atoms with Gasteiger partial charge in [-0.25, -0.2) is 13.4 Å². The molecule has 0 aromatic carbocycles. The Balaban J connectivity index is 3.06. The van der Waals surface area contributed by atoms with Crippen LogP contribution in [-0.2, 0) is 15.4 Å². The van der Waals surface area contributed by atoms with E-state index < -0.39 is 20.6 Å². The minimum absolute atomic E-state index is 0.522. The Kier molecular flexibility index (Phi) is 3.23. The Labute approximate surface area is 94.4 Å². The lowest BCUT2D eigenvalue weighted by Crippen LogP contribution is -2.29. The van der Waals surface area contributed by atoms with Crippen molar-refractivity contribution in [1.82, 2.24) is 4.98 Å². The van der Waals surface area contributed by atoms with Gasteiger partial charge in [0, 0.05) is 11.6 Å². The van der Waals surface area contributed by atoms with Crippen molar-refractivity contribution in [3.05, 3.63) is 16.1 Å². The zero-order valence-electron chi connectivity index (χ0n) is 9.31. The molecule has 0 aliphatic heterocycles. The van der Waals surface area contributed by atoms with E-state index in [-0.39, 0.29) is 0 Å². The third-order valence-electron chi connectivity index (χ3n) is 2.17.